The van der Waals surface area contributed by atoms with Crippen LogP contribution in [0.1, 0.15) is 15.6 Å². The Kier molecular flexibility index (Phi) is 4.57. The van der Waals surface area contributed by atoms with Gasteiger partial charge in [0, 0.05) is 12.1 Å². The maximum atomic E-state index is 5.38. The molecule has 0 saturated heterocycles. The molecule has 0 unspecified atom stereocenters. The van der Waals surface area contributed by atoms with E-state index in [4.69, 9.17) is 14.2 Å². The number of nitrogens with zero attached hydrogens (tertiary/aromatic N) is 2. The Hall–Kier alpha value is -2.08. The van der Waals surface area contributed by atoms with Gasteiger partial charge >= 0.3 is 0 Å². The van der Waals surface area contributed by atoms with Gasteiger partial charge in [-0.3, -0.25) is 0 Å². The van der Waals surface area contributed by atoms with E-state index in [2.05, 4.69) is 10.2 Å². The molecule has 1 heterocycles. The fraction of sp³-hybridized carbons (Fsp3) is 0.286. The van der Waals surface area contributed by atoms with Crippen LogP contribution in [0.3, 0.4) is 0 Å². The maximum Gasteiger partial charge on any atom is 0.140 e. The van der Waals surface area contributed by atoms with Gasteiger partial charge in [0.2, 0.25) is 0 Å². The van der Waals surface area contributed by atoms with Crippen LogP contribution in [0, 0.1) is 6.92 Å². The quantitative estimate of drug-likeness (QED) is 0.847. The third-order valence-corrected chi connectivity index (χ3v) is 3.49. The largest absolute Gasteiger partial charge is 0.496 e. The molecule has 0 amide bonds. The van der Waals surface area contributed by atoms with Gasteiger partial charge in [-0.15, -0.1) is 10.2 Å². The fourth-order valence-corrected chi connectivity index (χ4v) is 2.33. The molecule has 2 rings (SSSR count). The second kappa shape index (κ2) is 6.38. The first kappa shape index (κ1) is 14.3. The van der Waals surface area contributed by atoms with Crippen LogP contribution in [0.5, 0.6) is 17.2 Å². The van der Waals surface area contributed by atoms with Gasteiger partial charge in [0.1, 0.15) is 27.3 Å². The van der Waals surface area contributed by atoms with Crippen LogP contribution < -0.4 is 14.2 Å². The molecule has 1 aromatic carbocycles. The third kappa shape index (κ3) is 3.08. The number of hydrogen-bond acceptors (Lipinski definition) is 6. The predicted octanol–water partition coefficient (Wildman–Crippen LogP) is 3.04. The lowest BCUT2D eigenvalue weighted by molar-refractivity contribution is 0.374. The van der Waals surface area contributed by atoms with Crippen molar-refractivity contribution in [2.75, 3.05) is 21.3 Å². The SMILES string of the molecule is COc1cc(OC)c(C=Cc2nnc(C)s2)c(OC)c1. The van der Waals surface area contributed by atoms with Crippen molar-refractivity contribution >= 4 is 23.5 Å². The lowest BCUT2D eigenvalue weighted by Crippen LogP contribution is -1.94. The van der Waals surface area contributed by atoms with Gasteiger partial charge in [-0.1, -0.05) is 11.3 Å². The molecule has 0 spiro atoms. The lowest BCUT2D eigenvalue weighted by atomic mass is 10.1. The van der Waals surface area contributed by atoms with Gasteiger partial charge in [-0.25, -0.2) is 0 Å². The first-order valence-electron chi connectivity index (χ1n) is 5.96. The summed E-state index contributed by atoms with van der Waals surface area (Å²) in [6.07, 6.45) is 3.79. The minimum absolute atomic E-state index is 0.679. The summed E-state index contributed by atoms with van der Waals surface area (Å²) < 4.78 is 16.0. The van der Waals surface area contributed by atoms with Crippen LogP contribution in [0.15, 0.2) is 12.1 Å². The Morgan fingerprint density at radius 3 is 2.05 bits per heavy atom. The van der Waals surface area contributed by atoms with Crippen LogP contribution in [0.2, 0.25) is 0 Å². The van der Waals surface area contributed by atoms with E-state index >= 15 is 0 Å². The average molecular weight is 292 g/mol. The van der Waals surface area contributed by atoms with Gasteiger partial charge < -0.3 is 14.2 Å². The van der Waals surface area contributed by atoms with Crippen molar-refractivity contribution in [3.8, 4) is 17.2 Å². The average Bonchev–Trinajstić information content (AvgIpc) is 2.89. The van der Waals surface area contributed by atoms with Gasteiger partial charge in [-0.05, 0) is 19.1 Å². The number of hydrogen-bond donors (Lipinski definition) is 0. The van der Waals surface area contributed by atoms with Crippen molar-refractivity contribution in [2.24, 2.45) is 0 Å². The molecule has 1 aromatic heterocycles. The number of aryl methyl sites for hydroxylation is 1. The lowest BCUT2D eigenvalue weighted by Gasteiger charge is -2.12. The van der Waals surface area contributed by atoms with E-state index in [-0.39, 0.29) is 0 Å². The summed E-state index contributed by atoms with van der Waals surface area (Å²) in [5, 5.41) is 9.79. The van der Waals surface area contributed by atoms with E-state index in [0.29, 0.717) is 17.2 Å². The Morgan fingerprint density at radius 1 is 0.950 bits per heavy atom. The minimum Gasteiger partial charge on any atom is -0.496 e. The van der Waals surface area contributed by atoms with E-state index in [1.165, 1.54) is 11.3 Å². The summed E-state index contributed by atoms with van der Waals surface area (Å²) in [7, 11) is 4.83. The Labute approximate surface area is 121 Å². The maximum absolute atomic E-state index is 5.38. The molecule has 0 aliphatic rings. The van der Waals surface area contributed by atoms with E-state index in [1.54, 1.807) is 21.3 Å². The van der Waals surface area contributed by atoms with E-state index < -0.39 is 0 Å². The second-order valence-corrected chi connectivity index (χ2v) is 5.15. The molecule has 0 N–H and O–H groups in total. The highest BCUT2D eigenvalue weighted by atomic mass is 32.1. The molecule has 0 aliphatic carbocycles. The van der Waals surface area contributed by atoms with E-state index in [1.807, 2.05) is 31.2 Å². The molecule has 0 saturated carbocycles. The second-order valence-electron chi connectivity index (χ2n) is 3.94. The molecule has 20 heavy (non-hydrogen) atoms. The highest BCUT2D eigenvalue weighted by Gasteiger charge is 2.10. The van der Waals surface area contributed by atoms with E-state index in [0.717, 1.165) is 15.6 Å². The molecule has 0 radical (unpaired) electrons. The molecule has 0 aliphatic heterocycles. The predicted molar refractivity (Wildman–Crippen MR) is 79.7 cm³/mol. The third-order valence-electron chi connectivity index (χ3n) is 2.69. The Morgan fingerprint density at radius 2 is 1.60 bits per heavy atom. The first-order chi connectivity index (χ1) is 9.67. The standard InChI is InChI=1S/C14H16N2O3S/c1-9-15-16-14(20-9)6-5-11-12(18-3)7-10(17-2)8-13(11)19-4/h5-8H,1-4H3. The molecule has 0 atom stereocenters. The summed E-state index contributed by atoms with van der Waals surface area (Å²) in [6.45, 7) is 1.92. The van der Waals surface area contributed by atoms with Gasteiger partial charge in [0.05, 0.1) is 26.9 Å². The number of benzene rings is 1. The summed E-state index contributed by atoms with van der Waals surface area (Å²) >= 11 is 1.53. The molecular weight excluding hydrogens is 276 g/mol. The molecule has 106 valence electrons. The van der Waals surface area contributed by atoms with Crippen molar-refractivity contribution in [1.29, 1.82) is 0 Å². The minimum atomic E-state index is 0.679. The number of methoxy groups -OCH3 is 3. The summed E-state index contributed by atoms with van der Waals surface area (Å²) in [5.41, 5.74) is 0.837. The van der Waals surface area contributed by atoms with Crippen molar-refractivity contribution < 1.29 is 14.2 Å². The van der Waals surface area contributed by atoms with Crippen molar-refractivity contribution in [1.82, 2.24) is 10.2 Å². The van der Waals surface area contributed by atoms with Crippen LogP contribution >= 0.6 is 11.3 Å². The zero-order valence-corrected chi connectivity index (χ0v) is 12.7. The summed E-state index contributed by atoms with van der Waals surface area (Å²) in [6, 6.07) is 3.63. The Bertz CT molecular complexity index is 598. The monoisotopic (exact) mass is 292 g/mol. The van der Waals surface area contributed by atoms with Crippen molar-refractivity contribution in [3.05, 3.63) is 27.7 Å². The summed E-state index contributed by atoms with van der Waals surface area (Å²) in [5.74, 6) is 2.04. The number of rotatable bonds is 5. The molecule has 6 heteroatoms. The smallest absolute Gasteiger partial charge is 0.140 e. The highest BCUT2D eigenvalue weighted by molar-refractivity contribution is 7.12. The zero-order valence-electron chi connectivity index (χ0n) is 11.8. The van der Waals surface area contributed by atoms with E-state index in [9.17, 15) is 0 Å². The fourth-order valence-electron chi connectivity index (χ4n) is 1.73. The van der Waals surface area contributed by atoms with Gasteiger partial charge in [0.15, 0.2) is 0 Å². The highest BCUT2D eigenvalue weighted by Crippen LogP contribution is 2.35. The van der Waals surface area contributed by atoms with Crippen LogP contribution in [-0.4, -0.2) is 31.5 Å². The van der Waals surface area contributed by atoms with Crippen molar-refractivity contribution in [2.45, 2.75) is 6.92 Å². The summed E-state index contributed by atoms with van der Waals surface area (Å²) in [4.78, 5) is 0. The van der Waals surface area contributed by atoms with Gasteiger partial charge in [0.25, 0.3) is 0 Å². The van der Waals surface area contributed by atoms with Crippen molar-refractivity contribution in [3.63, 3.8) is 0 Å². The number of ether oxygens (including phenoxy) is 3. The number of aromatic nitrogens is 2. The van der Waals surface area contributed by atoms with Crippen LogP contribution in [0.4, 0.5) is 0 Å². The Balaban J connectivity index is 2.41. The topological polar surface area (TPSA) is 53.5 Å². The molecule has 5 nitrogen and oxygen atoms in total. The molecule has 0 bridgehead atoms. The van der Waals surface area contributed by atoms with Crippen LogP contribution in [-0.2, 0) is 0 Å². The van der Waals surface area contributed by atoms with Crippen LogP contribution in [0.25, 0.3) is 12.2 Å². The zero-order chi connectivity index (χ0) is 14.5. The van der Waals surface area contributed by atoms with Gasteiger partial charge in [-0.2, -0.15) is 0 Å². The normalized spacial score (nSPS) is 10.8. The molecular formula is C14H16N2O3S. The molecule has 2 aromatic rings. The molecule has 0 fully saturated rings. The first-order valence-corrected chi connectivity index (χ1v) is 6.77.